The van der Waals surface area contributed by atoms with Crippen molar-refractivity contribution >= 4 is 17.6 Å². The number of aliphatic imine (C=N–C) groups is 1. The molecule has 1 aliphatic heterocycles. The molecular weight excluding hydrogens is 370 g/mol. The second-order valence-electron chi connectivity index (χ2n) is 6.40. The SMILES string of the molecule is CCNC(=NCc1cc(Cl)c2c(c1)OCCO2)NCC(C)(O)c1ccco1. The van der Waals surface area contributed by atoms with Gasteiger partial charge in [-0.1, -0.05) is 11.6 Å². The van der Waals surface area contributed by atoms with Crippen LogP contribution in [0.25, 0.3) is 0 Å². The van der Waals surface area contributed by atoms with Gasteiger partial charge in [0.2, 0.25) is 0 Å². The molecule has 1 aromatic carbocycles. The second-order valence-corrected chi connectivity index (χ2v) is 6.81. The fourth-order valence-electron chi connectivity index (χ4n) is 2.70. The molecule has 0 fully saturated rings. The highest BCUT2D eigenvalue weighted by Gasteiger charge is 2.26. The maximum Gasteiger partial charge on any atom is 0.191 e. The molecule has 2 aromatic rings. The highest BCUT2D eigenvalue weighted by Crippen LogP contribution is 2.38. The first-order chi connectivity index (χ1) is 13.0. The highest BCUT2D eigenvalue weighted by atomic mass is 35.5. The number of rotatable bonds is 6. The monoisotopic (exact) mass is 393 g/mol. The van der Waals surface area contributed by atoms with Gasteiger partial charge in [0, 0.05) is 6.54 Å². The summed E-state index contributed by atoms with van der Waals surface area (Å²) in [7, 11) is 0. The van der Waals surface area contributed by atoms with E-state index in [-0.39, 0.29) is 6.54 Å². The lowest BCUT2D eigenvalue weighted by molar-refractivity contribution is 0.0386. The number of nitrogens with one attached hydrogen (secondary N) is 2. The summed E-state index contributed by atoms with van der Waals surface area (Å²) in [6, 6.07) is 7.19. The van der Waals surface area contributed by atoms with Crippen molar-refractivity contribution in [2.75, 3.05) is 26.3 Å². The molecule has 146 valence electrons. The number of benzene rings is 1. The first-order valence-electron chi connectivity index (χ1n) is 8.86. The molecule has 0 bridgehead atoms. The van der Waals surface area contributed by atoms with E-state index in [2.05, 4.69) is 15.6 Å². The Balaban J connectivity index is 1.68. The standard InChI is InChI=1S/C19H24ClN3O4/c1-3-21-18(23-12-19(2,24)16-5-4-6-26-16)22-11-13-9-14(20)17-15(10-13)25-7-8-27-17/h4-6,9-10,24H,3,7-8,11-12H2,1-2H3,(H2,21,22,23). The smallest absolute Gasteiger partial charge is 0.191 e. The Hall–Kier alpha value is -2.38. The van der Waals surface area contributed by atoms with Crippen molar-refractivity contribution in [3.05, 3.63) is 46.9 Å². The molecule has 27 heavy (non-hydrogen) atoms. The van der Waals surface area contributed by atoms with Crippen molar-refractivity contribution in [2.24, 2.45) is 4.99 Å². The molecule has 3 N–H and O–H groups in total. The van der Waals surface area contributed by atoms with Gasteiger partial charge >= 0.3 is 0 Å². The summed E-state index contributed by atoms with van der Waals surface area (Å²) in [6.45, 7) is 5.99. The number of ether oxygens (including phenoxy) is 2. The van der Waals surface area contributed by atoms with Crippen LogP contribution >= 0.6 is 11.6 Å². The third kappa shape index (κ3) is 4.87. The van der Waals surface area contributed by atoms with Gasteiger partial charge in [0.05, 0.1) is 24.4 Å². The molecule has 7 nitrogen and oxygen atoms in total. The molecule has 1 atom stereocenters. The molecule has 2 heterocycles. The van der Waals surface area contributed by atoms with E-state index in [0.717, 1.165) is 5.56 Å². The minimum absolute atomic E-state index is 0.244. The number of furan rings is 1. The normalized spacial score (nSPS) is 15.9. The van der Waals surface area contributed by atoms with Crippen molar-refractivity contribution in [3.63, 3.8) is 0 Å². The number of hydrogen-bond acceptors (Lipinski definition) is 5. The van der Waals surface area contributed by atoms with Crippen molar-refractivity contribution in [1.82, 2.24) is 10.6 Å². The van der Waals surface area contributed by atoms with Gasteiger partial charge in [-0.15, -0.1) is 0 Å². The average molecular weight is 394 g/mol. The predicted molar refractivity (Wildman–Crippen MR) is 104 cm³/mol. The molecule has 0 saturated carbocycles. The number of guanidine groups is 1. The molecule has 1 aromatic heterocycles. The van der Waals surface area contributed by atoms with E-state index in [1.807, 2.05) is 19.1 Å². The third-order valence-corrected chi connectivity index (χ3v) is 4.35. The Kier molecular flexibility index (Phi) is 6.13. The zero-order chi connectivity index (χ0) is 19.3. The molecular formula is C19H24ClN3O4. The summed E-state index contributed by atoms with van der Waals surface area (Å²) < 4.78 is 16.4. The molecule has 0 aliphatic carbocycles. The van der Waals surface area contributed by atoms with Crippen molar-refractivity contribution in [1.29, 1.82) is 0 Å². The summed E-state index contributed by atoms with van der Waals surface area (Å²) in [5.41, 5.74) is -0.251. The molecule has 1 unspecified atom stereocenters. The fraction of sp³-hybridized carbons (Fsp3) is 0.421. The zero-order valence-electron chi connectivity index (χ0n) is 15.4. The van der Waals surface area contributed by atoms with E-state index in [1.165, 1.54) is 6.26 Å². The summed E-state index contributed by atoms with van der Waals surface area (Å²) in [5, 5.41) is 17.4. The Morgan fingerprint density at radius 1 is 1.30 bits per heavy atom. The van der Waals surface area contributed by atoms with Gasteiger partial charge in [-0.05, 0) is 43.7 Å². The van der Waals surface area contributed by atoms with Crippen LogP contribution in [-0.2, 0) is 12.1 Å². The molecule has 0 spiro atoms. The summed E-state index contributed by atoms with van der Waals surface area (Å²) in [4.78, 5) is 4.56. The van der Waals surface area contributed by atoms with Crippen molar-refractivity contribution in [2.45, 2.75) is 26.0 Å². The quantitative estimate of drug-likeness (QED) is 0.516. The molecule has 1 aliphatic rings. The maximum atomic E-state index is 10.6. The van der Waals surface area contributed by atoms with Gasteiger partial charge in [0.25, 0.3) is 0 Å². The van der Waals surface area contributed by atoms with E-state index < -0.39 is 5.60 Å². The Morgan fingerprint density at radius 3 is 2.85 bits per heavy atom. The minimum Gasteiger partial charge on any atom is -0.486 e. The minimum atomic E-state index is -1.15. The maximum absolute atomic E-state index is 10.6. The predicted octanol–water partition coefficient (Wildman–Crippen LogP) is 2.67. The number of nitrogens with zero attached hydrogens (tertiary/aromatic N) is 1. The van der Waals surface area contributed by atoms with Crippen molar-refractivity contribution in [3.8, 4) is 11.5 Å². The van der Waals surface area contributed by atoms with Gasteiger partial charge in [0.1, 0.15) is 24.6 Å². The van der Waals surface area contributed by atoms with Gasteiger partial charge in [0.15, 0.2) is 17.5 Å². The van der Waals surface area contributed by atoms with E-state index in [9.17, 15) is 5.11 Å². The van der Waals surface area contributed by atoms with Gasteiger partial charge in [-0.3, -0.25) is 0 Å². The topological polar surface area (TPSA) is 88.3 Å². The van der Waals surface area contributed by atoms with E-state index >= 15 is 0 Å². The van der Waals surface area contributed by atoms with Crippen LogP contribution in [0.1, 0.15) is 25.2 Å². The molecule has 3 rings (SSSR count). The summed E-state index contributed by atoms with van der Waals surface area (Å²) >= 11 is 6.27. The van der Waals surface area contributed by atoms with Gasteiger partial charge < -0.3 is 29.6 Å². The fourth-order valence-corrected chi connectivity index (χ4v) is 2.98. The largest absolute Gasteiger partial charge is 0.486 e. The van der Waals surface area contributed by atoms with Gasteiger partial charge in [-0.25, -0.2) is 4.99 Å². The van der Waals surface area contributed by atoms with Crippen LogP contribution in [-0.4, -0.2) is 37.4 Å². The Labute approximate surface area is 163 Å². The van der Waals surface area contributed by atoms with Gasteiger partial charge in [-0.2, -0.15) is 0 Å². The van der Waals surface area contributed by atoms with Crippen LogP contribution in [0.3, 0.4) is 0 Å². The Morgan fingerprint density at radius 2 is 2.11 bits per heavy atom. The molecule has 0 saturated heterocycles. The highest BCUT2D eigenvalue weighted by molar-refractivity contribution is 6.32. The third-order valence-electron chi connectivity index (χ3n) is 4.07. The van der Waals surface area contributed by atoms with Crippen LogP contribution in [0.15, 0.2) is 39.9 Å². The van der Waals surface area contributed by atoms with E-state index in [4.69, 9.17) is 25.5 Å². The summed E-state index contributed by atoms with van der Waals surface area (Å²) in [6.07, 6.45) is 1.54. The summed E-state index contributed by atoms with van der Waals surface area (Å²) in [5.74, 6) is 2.28. The zero-order valence-corrected chi connectivity index (χ0v) is 16.2. The number of halogens is 1. The number of fused-ring (bicyclic) bond motifs is 1. The molecule has 8 heteroatoms. The second kappa shape index (κ2) is 8.54. The van der Waals surface area contributed by atoms with Crippen LogP contribution in [0.4, 0.5) is 0 Å². The van der Waals surface area contributed by atoms with Crippen LogP contribution < -0.4 is 20.1 Å². The first kappa shape index (κ1) is 19.4. The lowest BCUT2D eigenvalue weighted by atomic mass is 10.0. The molecule has 0 amide bonds. The molecule has 0 radical (unpaired) electrons. The number of aliphatic hydroxyl groups is 1. The lowest BCUT2D eigenvalue weighted by Gasteiger charge is -2.23. The van der Waals surface area contributed by atoms with Crippen LogP contribution in [0.2, 0.25) is 5.02 Å². The van der Waals surface area contributed by atoms with Crippen LogP contribution in [0.5, 0.6) is 11.5 Å². The number of hydrogen-bond donors (Lipinski definition) is 3. The Bertz CT molecular complexity index is 791. The first-order valence-corrected chi connectivity index (χ1v) is 9.24. The lowest BCUT2D eigenvalue weighted by Crippen LogP contribution is -2.44. The van der Waals surface area contributed by atoms with Crippen molar-refractivity contribution < 1.29 is 19.0 Å². The van der Waals surface area contributed by atoms with Crippen LogP contribution in [0, 0.1) is 0 Å². The van der Waals surface area contributed by atoms with E-state index in [1.54, 1.807) is 19.1 Å². The van der Waals surface area contributed by atoms with E-state index in [0.29, 0.717) is 54.5 Å². The average Bonchev–Trinajstić information content (AvgIpc) is 3.20.